The van der Waals surface area contributed by atoms with Gasteiger partial charge in [0.1, 0.15) is 0 Å². The molecule has 0 saturated heterocycles. The SMILES string of the molecule is Cc1ccc(C(=O)Cc2ccc(CC(=O)c3ccc(C)cc3)cc2)cc1. The molecule has 0 radical (unpaired) electrons. The number of rotatable bonds is 6. The van der Waals surface area contributed by atoms with Crippen LogP contribution < -0.4 is 0 Å². The Morgan fingerprint density at radius 2 is 0.846 bits per heavy atom. The average molecular weight is 342 g/mol. The van der Waals surface area contributed by atoms with Crippen LogP contribution in [0.2, 0.25) is 0 Å². The molecule has 0 aromatic heterocycles. The summed E-state index contributed by atoms with van der Waals surface area (Å²) >= 11 is 0. The van der Waals surface area contributed by atoms with Crippen molar-refractivity contribution in [1.29, 1.82) is 0 Å². The summed E-state index contributed by atoms with van der Waals surface area (Å²) in [6.07, 6.45) is 0.741. The highest BCUT2D eigenvalue weighted by Crippen LogP contribution is 2.13. The van der Waals surface area contributed by atoms with Crippen LogP contribution in [0.3, 0.4) is 0 Å². The van der Waals surface area contributed by atoms with E-state index in [4.69, 9.17) is 0 Å². The summed E-state index contributed by atoms with van der Waals surface area (Å²) in [5, 5.41) is 0. The van der Waals surface area contributed by atoms with E-state index in [2.05, 4.69) is 0 Å². The van der Waals surface area contributed by atoms with Gasteiger partial charge < -0.3 is 0 Å². The number of carbonyl (C=O) groups excluding carboxylic acids is 2. The number of carbonyl (C=O) groups is 2. The second-order valence-corrected chi connectivity index (χ2v) is 6.75. The summed E-state index contributed by atoms with van der Waals surface area (Å²) < 4.78 is 0. The minimum atomic E-state index is 0.105. The van der Waals surface area contributed by atoms with E-state index in [0.717, 1.165) is 33.4 Å². The number of ketones is 2. The van der Waals surface area contributed by atoms with Gasteiger partial charge in [-0.15, -0.1) is 0 Å². The standard InChI is InChI=1S/C24H22O2/c1-17-3-11-21(12-4-17)23(25)15-19-7-9-20(10-8-19)16-24(26)22-13-5-18(2)6-14-22/h3-14H,15-16H2,1-2H3. The predicted molar refractivity (Wildman–Crippen MR) is 105 cm³/mol. The van der Waals surface area contributed by atoms with Crippen LogP contribution in [0.25, 0.3) is 0 Å². The van der Waals surface area contributed by atoms with Crippen LogP contribution >= 0.6 is 0 Å². The number of aryl methyl sites for hydroxylation is 2. The smallest absolute Gasteiger partial charge is 0.167 e. The van der Waals surface area contributed by atoms with Crippen LogP contribution in [-0.4, -0.2) is 11.6 Å². The third kappa shape index (κ3) is 4.54. The van der Waals surface area contributed by atoms with Crippen molar-refractivity contribution in [2.45, 2.75) is 26.7 Å². The van der Waals surface area contributed by atoms with Crippen molar-refractivity contribution in [1.82, 2.24) is 0 Å². The molecule has 0 heterocycles. The zero-order valence-corrected chi connectivity index (χ0v) is 15.2. The van der Waals surface area contributed by atoms with Crippen LogP contribution in [0.5, 0.6) is 0 Å². The Kier molecular flexibility index (Phi) is 5.43. The van der Waals surface area contributed by atoms with E-state index in [0.29, 0.717) is 12.8 Å². The molecular formula is C24H22O2. The number of benzene rings is 3. The van der Waals surface area contributed by atoms with Gasteiger partial charge in [0.2, 0.25) is 0 Å². The molecule has 26 heavy (non-hydrogen) atoms. The molecule has 0 spiro atoms. The van der Waals surface area contributed by atoms with Crippen LogP contribution in [0.4, 0.5) is 0 Å². The normalized spacial score (nSPS) is 10.5. The Hall–Kier alpha value is -3.00. The summed E-state index contributed by atoms with van der Waals surface area (Å²) in [4.78, 5) is 24.7. The lowest BCUT2D eigenvalue weighted by Crippen LogP contribution is -2.05. The van der Waals surface area contributed by atoms with Gasteiger partial charge in [-0.3, -0.25) is 9.59 Å². The Morgan fingerprint density at radius 1 is 0.538 bits per heavy atom. The third-order valence-electron chi connectivity index (χ3n) is 4.50. The van der Waals surface area contributed by atoms with Crippen molar-refractivity contribution in [3.8, 4) is 0 Å². The zero-order valence-electron chi connectivity index (χ0n) is 15.2. The van der Waals surface area contributed by atoms with Gasteiger partial charge in [-0.25, -0.2) is 0 Å². The second kappa shape index (κ2) is 7.92. The molecule has 130 valence electrons. The van der Waals surface area contributed by atoms with Crippen molar-refractivity contribution in [2.75, 3.05) is 0 Å². The van der Waals surface area contributed by atoms with Gasteiger partial charge in [-0.05, 0) is 25.0 Å². The van der Waals surface area contributed by atoms with Crippen LogP contribution in [0.1, 0.15) is 43.0 Å². The molecule has 0 N–H and O–H groups in total. The maximum Gasteiger partial charge on any atom is 0.167 e. The van der Waals surface area contributed by atoms with Crippen LogP contribution in [-0.2, 0) is 12.8 Å². The number of Topliss-reactive ketones (excluding diaryl/α,β-unsaturated/α-hetero) is 2. The van der Waals surface area contributed by atoms with E-state index in [-0.39, 0.29) is 11.6 Å². The summed E-state index contributed by atoms with van der Waals surface area (Å²) in [6, 6.07) is 23.0. The summed E-state index contributed by atoms with van der Waals surface area (Å²) in [7, 11) is 0. The topological polar surface area (TPSA) is 34.1 Å². The molecule has 3 rings (SSSR count). The average Bonchev–Trinajstić information content (AvgIpc) is 2.64. The first-order valence-electron chi connectivity index (χ1n) is 8.79. The van der Waals surface area contributed by atoms with Crippen molar-refractivity contribution < 1.29 is 9.59 Å². The van der Waals surface area contributed by atoms with E-state index in [1.807, 2.05) is 86.6 Å². The minimum absolute atomic E-state index is 0.105. The molecule has 0 aliphatic carbocycles. The molecule has 3 aromatic carbocycles. The first-order valence-corrected chi connectivity index (χ1v) is 8.79. The molecular weight excluding hydrogens is 320 g/mol. The summed E-state index contributed by atoms with van der Waals surface area (Å²) in [6.45, 7) is 4.01. The van der Waals surface area contributed by atoms with Crippen molar-refractivity contribution in [3.05, 3.63) is 106 Å². The Morgan fingerprint density at radius 3 is 1.15 bits per heavy atom. The van der Waals surface area contributed by atoms with E-state index >= 15 is 0 Å². The molecule has 0 fully saturated rings. The van der Waals surface area contributed by atoms with Gasteiger partial charge in [0.25, 0.3) is 0 Å². The van der Waals surface area contributed by atoms with Gasteiger partial charge >= 0.3 is 0 Å². The third-order valence-corrected chi connectivity index (χ3v) is 4.50. The highest BCUT2D eigenvalue weighted by atomic mass is 16.1. The lowest BCUT2D eigenvalue weighted by molar-refractivity contribution is 0.0984. The van der Waals surface area contributed by atoms with Gasteiger partial charge in [0, 0.05) is 24.0 Å². The van der Waals surface area contributed by atoms with Crippen molar-refractivity contribution >= 4 is 11.6 Å². The highest BCUT2D eigenvalue weighted by molar-refractivity contribution is 5.98. The molecule has 0 bridgehead atoms. The fraction of sp³-hybridized carbons (Fsp3) is 0.167. The Labute approximate surface area is 154 Å². The van der Waals surface area contributed by atoms with E-state index in [9.17, 15) is 9.59 Å². The lowest BCUT2D eigenvalue weighted by Gasteiger charge is -2.05. The van der Waals surface area contributed by atoms with Gasteiger partial charge in [-0.1, -0.05) is 83.9 Å². The summed E-state index contributed by atoms with van der Waals surface area (Å²) in [5.74, 6) is 0.210. The molecule has 0 amide bonds. The fourth-order valence-corrected chi connectivity index (χ4v) is 2.83. The minimum Gasteiger partial charge on any atom is -0.294 e. The van der Waals surface area contributed by atoms with Crippen molar-refractivity contribution in [3.63, 3.8) is 0 Å². The molecule has 0 aliphatic rings. The maximum absolute atomic E-state index is 12.3. The molecule has 0 unspecified atom stereocenters. The van der Waals surface area contributed by atoms with E-state index in [1.165, 1.54) is 0 Å². The monoisotopic (exact) mass is 342 g/mol. The molecule has 0 saturated carbocycles. The Balaban J connectivity index is 1.62. The summed E-state index contributed by atoms with van der Waals surface area (Å²) in [5.41, 5.74) is 5.67. The molecule has 2 heteroatoms. The highest BCUT2D eigenvalue weighted by Gasteiger charge is 2.09. The molecule has 2 nitrogen and oxygen atoms in total. The molecule has 0 atom stereocenters. The van der Waals surface area contributed by atoms with Gasteiger partial charge in [-0.2, -0.15) is 0 Å². The van der Waals surface area contributed by atoms with E-state index in [1.54, 1.807) is 0 Å². The van der Waals surface area contributed by atoms with Crippen LogP contribution in [0, 0.1) is 13.8 Å². The maximum atomic E-state index is 12.3. The van der Waals surface area contributed by atoms with Gasteiger partial charge in [0.15, 0.2) is 11.6 Å². The zero-order chi connectivity index (χ0) is 18.5. The van der Waals surface area contributed by atoms with Crippen molar-refractivity contribution in [2.24, 2.45) is 0 Å². The fourth-order valence-electron chi connectivity index (χ4n) is 2.83. The Bertz CT molecular complexity index is 823. The van der Waals surface area contributed by atoms with Gasteiger partial charge in [0.05, 0.1) is 0 Å². The molecule has 0 aliphatic heterocycles. The molecule has 3 aromatic rings. The first kappa shape index (κ1) is 17.8. The van der Waals surface area contributed by atoms with Crippen LogP contribution in [0.15, 0.2) is 72.8 Å². The number of hydrogen-bond acceptors (Lipinski definition) is 2. The second-order valence-electron chi connectivity index (χ2n) is 6.75. The largest absolute Gasteiger partial charge is 0.294 e. The lowest BCUT2D eigenvalue weighted by atomic mass is 9.98. The first-order chi connectivity index (χ1) is 12.5. The van der Waals surface area contributed by atoms with E-state index < -0.39 is 0 Å². The predicted octanol–water partition coefficient (Wildman–Crippen LogP) is 5.15. The number of hydrogen-bond donors (Lipinski definition) is 0. The quantitative estimate of drug-likeness (QED) is 0.580.